The lowest BCUT2D eigenvalue weighted by Gasteiger charge is -2.43. The van der Waals surface area contributed by atoms with Crippen molar-refractivity contribution in [2.24, 2.45) is 11.3 Å². The van der Waals surface area contributed by atoms with E-state index in [0.717, 1.165) is 22.4 Å². The Labute approximate surface area is 165 Å². The highest BCUT2D eigenvalue weighted by Gasteiger charge is 2.48. The molecule has 0 spiro atoms. The minimum Gasteiger partial charge on any atom is -0.497 e. The summed E-state index contributed by atoms with van der Waals surface area (Å²) in [5.41, 5.74) is 3.02. The van der Waals surface area contributed by atoms with E-state index in [1.165, 1.54) is 0 Å². The Bertz CT molecular complexity index is 961. The highest BCUT2D eigenvalue weighted by atomic mass is 16.5. The predicted octanol–water partition coefficient (Wildman–Crippen LogP) is 4.25. The van der Waals surface area contributed by atoms with Crippen LogP contribution in [-0.2, 0) is 4.79 Å². The largest absolute Gasteiger partial charge is 0.497 e. The Balaban J connectivity index is 1.87. The van der Waals surface area contributed by atoms with Gasteiger partial charge in [-0.3, -0.25) is 9.59 Å². The molecular formula is C23H26N2O3. The monoisotopic (exact) mass is 378 g/mol. The van der Waals surface area contributed by atoms with Crippen molar-refractivity contribution in [1.29, 1.82) is 0 Å². The summed E-state index contributed by atoms with van der Waals surface area (Å²) < 4.78 is 5.42. The zero-order valence-corrected chi connectivity index (χ0v) is 16.9. The van der Waals surface area contributed by atoms with Crippen LogP contribution in [0.15, 0.2) is 42.5 Å². The first-order valence-electron chi connectivity index (χ1n) is 9.65. The second kappa shape index (κ2) is 6.36. The Morgan fingerprint density at radius 1 is 1.11 bits per heavy atom. The highest BCUT2D eigenvalue weighted by Crippen LogP contribution is 2.52. The van der Waals surface area contributed by atoms with Crippen molar-refractivity contribution in [3.8, 4) is 5.75 Å². The standard InChI is InChI=1S/C23H26N2O3/c1-13-19(24-22(27)23(2,3)4)17-12-14(28-5)10-11-18(17)25-20(13)15-8-6-7-9-16(15)21(25)26/h6-13,19-20H,1-5H3,(H,24,27)/t13-,19-,20+/m1/s1. The smallest absolute Gasteiger partial charge is 0.259 e. The number of carbonyl (C=O) groups excluding carboxylic acids is 2. The van der Waals surface area contributed by atoms with Gasteiger partial charge in [0.25, 0.3) is 5.91 Å². The molecule has 5 heteroatoms. The van der Waals surface area contributed by atoms with Crippen molar-refractivity contribution in [2.45, 2.75) is 39.8 Å². The molecule has 0 saturated carbocycles. The molecule has 1 N–H and O–H groups in total. The van der Waals surface area contributed by atoms with Crippen LogP contribution in [0.25, 0.3) is 0 Å². The number of carbonyl (C=O) groups is 2. The van der Waals surface area contributed by atoms with E-state index in [1.54, 1.807) is 7.11 Å². The summed E-state index contributed by atoms with van der Waals surface area (Å²) in [6.45, 7) is 7.82. The van der Waals surface area contributed by atoms with E-state index in [9.17, 15) is 9.59 Å². The lowest BCUT2D eigenvalue weighted by atomic mass is 9.80. The lowest BCUT2D eigenvalue weighted by molar-refractivity contribution is -0.129. The predicted molar refractivity (Wildman–Crippen MR) is 108 cm³/mol. The third-order valence-corrected chi connectivity index (χ3v) is 5.83. The van der Waals surface area contributed by atoms with Crippen LogP contribution in [0.5, 0.6) is 5.75 Å². The number of nitrogens with zero attached hydrogens (tertiary/aromatic N) is 1. The summed E-state index contributed by atoms with van der Waals surface area (Å²) in [6, 6.07) is 13.2. The van der Waals surface area contributed by atoms with Crippen LogP contribution in [0.2, 0.25) is 0 Å². The van der Waals surface area contributed by atoms with Crippen molar-refractivity contribution >= 4 is 17.5 Å². The number of rotatable bonds is 2. The molecule has 28 heavy (non-hydrogen) atoms. The van der Waals surface area contributed by atoms with Crippen molar-refractivity contribution < 1.29 is 14.3 Å². The molecule has 146 valence electrons. The van der Waals surface area contributed by atoms with E-state index < -0.39 is 5.41 Å². The molecule has 2 aromatic rings. The SMILES string of the molecule is COc1ccc2c(c1)[C@H](NC(=O)C(C)(C)C)[C@@H](C)[C@H]1c3ccccc3C(=O)N21. The fraction of sp³-hybridized carbons (Fsp3) is 0.391. The molecule has 0 bridgehead atoms. The first kappa shape index (κ1) is 18.5. The summed E-state index contributed by atoms with van der Waals surface area (Å²) in [7, 11) is 1.62. The molecule has 5 nitrogen and oxygen atoms in total. The second-order valence-corrected chi connectivity index (χ2v) is 8.69. The van der Waals surface area contributed by atoms with Gasteiger partial charge < -0.3 is 15.0 Å². The third-order valence-electron chi connectivity index (χ3n) is 5.83. The van der Waals surface area contributed by atoms with Crippen LogP contribution in [0, 0.1) is 11.3 Å². The van der Waals surface area contributed by atoms with Crippen LogP contribution in [0.3, 0.4) is 0 Å². The quantitative estimate of drug-likeness (QED) is 0.850. The summed E-state index contributed by atoms with van der Waals surface area (Å²) in [4.78, 5) is 27.9. The first-order valence-corrected chi connectivity index (χ1v) is 9.65. The molecule has 0 aromatic heterocycles. The van der Waals surface area contributed by atoms with Gasteiger partial charge in [-0.2, -0.15) is 0 Å². The van der Waals surface area contributed by atoms with Crippen LogP contribution < -0.4 is 15.0 Å². The van der Waals surface area contributed by atoms with Gasteiger partial charge in [0.1, 0.15) is 5.75 Å². The number of fused-ring (bicyclic) bond motifs is 5. The van der Waals surface area contributed by atoms with E-state index >= 15 is 0 Å². The van der Waals surface area contributed by atoms with Gasteiger partial charge in [0.2, 0.25) is 5.91 Å². The number of hydrogen-bond acceptors (Lipinski definition) is 3. The average Bonchev–Trinajstić information content (AvgIpc) is 2.97. The molecular weight excluding hydrogens is 352 g/mol. The van der Waals surface area contributed by atoms with Gasteiger partial charge in [-0.25, -0.2) is 0 Å². The van der Waals surface area contributed by atoms with E-state index in [4.69, 9.17) is 4.74 Å². The van der Waals surface area contributed by atoms with Gasteiger partial charge >= 0.3 is 0 Å². The topological polar surface area (TPSA) is 58.6 Å². The lowest BCUT2D eigenvalue weighted by Crippen LogP contribution is -2.46. The van der Waals surface area contributed by atoms with Crippen molar-refractivity contribution in [2.75, 3.05) is 12.0 Å². The van der Waals surface area contributed by atoms with E-state index in [2.05, 4.69) is 12.2 Å². The molecule has 0 radical (unpaired) electrons. The van der Waals surface area contributed by atoms with Gasteiger partial charge in [0, 0.05) is 22.5 Å². The van der Waals surface area contributed by atoms with E-state index in [0.29, 0.717) is 5.75 Å². The Morgan fingerprint density at radius 2 is 1.82 bits per heavy atom. The van der Waals surface area contributed by atoms with Gasteiger partial charge in [0.05, 0.1) is 24.9 Å². The minimum absolute atomic E-state index is 0.0100. The number of methoxy groups -OCH3 is 1. The van der Waals surface area contributed by atoms with Gasteiger partial charge in [-0.15, -0.1) is 0 Å². The van der Waals surface area contributed by atoms with E-state index in [1.807, 2.05) is 68.1 Å². The molecule has 0 fully saturated rings. The maximum absolute atomic E-state index is 13.2. The fourth-order valence-electron chi connectivity index (χ4n) is 4.28. The van der Waals surface area contributed by atoms with Crippen molar-refractivity contribution in [3.05, 3.63) is 59.2 Å². The van der Waals surface area contributed by atoms with Crippen LogP contribution in [0.4, 0.5) is 5.69 Å². The maximum Gasteiger partial charge on any atom is 0.259 e. The van der Waals surface area contributed by atoms with Crippen LogP contribution >= 0.6 is 0 Å². The minimum atomic E-state index is -0.501. The molecule has 0 saturated heterocycles. The summed E-state index contributed by atoms with van der Waals surface area (Å²) in [6.07, 6.45) is 0. The second-order valence-electron chi connectivity index (χ2n) is 8.69. The molecule has 2 heterocycles. The van der Waals surface area contributed by atoms with Gasteiger partial charge in [-0.1, -0.05) is 45.9 Å². The molecule has 2 aromatic carbocycles. The summed E-state index contributed by atoms with van der Waals surface area (Å²) in [5, 5.41) is 3.24. The summed E-state index contributed by atoms with van der Waals surface area (Å²) >= 11 is 0. The first-order chi connectivity index (χ1) is 13.2. The normalized spacial score (nSPS) is 23.0. The molecule has 3 atom stereocenters. The number of benzene rings is 2. The zero-order chi connectivity index (χ0) is 20.2. The molecule has 2 amide bonds. The number of nitrogens with one attached hydrogen (secondary N) is 1. The number of amides is 2. The number of hydrogen-bond donors (Lipinski definition) is 1. The van der Waals surface area contributed by atoms with E-state index in [-0.39, 0.29) is 29.8 Å². The number of ether oxygens (including phenoxy) is 1. The van der Waals surface area contributed by atoms with Crippen molar-refractivity contribution in [1.82, 2.24) is 5.32 Å². The summed E-state index contributed by atoms with van der Waals surface area (Å²) in [5.74, 6) is 0.728. The Kier molecular flexibility index (Phi) is 4.21. The Hall–Kier alpha value is -2.82. The molecule has 0 aliphatic carbocycles. The molecule has 4 rings (SSSR count). The highest BCUT2D eigenvalue weighted by molar-refractivity contribution is 6.12. The average molecular weight is 378 g/mol. The van der Waals surface area contributed by atoms with Crippen molar-refractivity contribution in [3.63, 3.8) is 0 Å². The molecule has 0 unspecified atom stereocenters. The van der Waals surface area contributed by atoms with Crippen LogP contribution in [-0.4, -0.2) is 18.9 Å². The zero-order valence-electron chi connectivity index (χ0n) is 16.9. The molecule has 2 aliphatic rings. The maximum atomic E-state index is 13.2. The Morgan fingerprint density at radius 3 is 2.50 bits per heavy atom. The third kappa shape index (κ3) is 2.68. The van der Waals surface area contributed by atoms with Gasteiger partial charge in [0.15, 0.2) is 0 Å². The fourth-order valence-corrected chi connectivity index (χ4v) is 4.28. The number of anilines is 1. The van der Waals surface area contributed by atoms with Crippen LogP contribution in [0.1, 0.15) is 61.3 Å². The molecule has 2 aliphatic heterocycles. The van der Waals surface area contributed by atoms with Gasteiger partial charge in [-0.05, 0) is 29.8 Å².